The van der Waals surface area contributed by atoms with E-state index in [1.165, 1.54) is 0 Å². The molecule has 5 rings (SSSR count). The molecule has 0 N–H and O–H groups in total. The van der Waals surface area contributed by atoms with Gasteiger partial charge in [-0.25, -0.2) is 9.78 Å². The average Bonchev–Trinajstić information content (AvgIpc) is 3.29. The Morgan fingerprint density at radius 3 is 2.44 bits per heavy atom. The quantitative estimate of drug-likeness (QED) is 0.578. The van der Waals surface area contributed by atoms with Crippen molar-refractivity contribution in [2.75, 3.05) is 44.2 Å². The van der Waals surface area contributed by atoms with E-state index in [-0.39, 0.29) is 5.41 Å². The Kier molecular flexibility index (Phi) is 6.64. The molecule has 13 heteroatoms. The standard InChI is InChI=1S/C23H25B5N6O2/c24-22(25,26)23(27,28)36-20(35)34-14-21(15-34)4-3-16(12-21)32-8-10-33(11-9-32)19-17(2-1-5-31-19)18-13-29-6-7-30-18/h1-2,5-7,13,16H,3-4,8-12,14-15H2. The summed E-state index contributed by atoms with van der Waals surface area (Å²) in [6.45, 7) is 4.89. The van der Waals surface area contributed by atoms with Crippen molar-refractivity contribution in [3.8, 4) is 11.3 Å². The lowest BCUT2D eigenvalue weighted by Crippen LogP contribution is -2.61. The van der Waals surface area contributed by atoms with Gasteiger partial charge in [-0.15, -0.1) is 5.11 Å². The number of nitrogens with zero attached hydrogens (tertiary/aromatic N) is 6. The fraction of sp³-hybridized carbons (Fsp3) is 0.565. The van der Waals surface area contributed by atoms with Gasteiger partial charge in [0.25, 0.3) is 0 Å². The summed E-state index contributed by atoms with van der Waals surface area (Å²) in [6, 6.07) is 4.46. The van der Waals surface area contributed by atoms with Crippen molar-refractivity contribution >= 4 is 51.1 Å². The number of amides is 1. The average molecular weight is 472 g/mol. The molecule has 174 valence electrons. The zero-order chi connectivity index (χ0) is 25.6. The number of piperazine rings is 1. The van der Waals surface area contributed by atoms with Crippen LogP contribution in [0.25, 0.3) is 11.3 Å². The van der Waals surface area contributed by atoms with E-state index in [2.05, 4.69) is 24.8 Å². The smallest absolute Gasteiger partial charge is 0.408 e. The Labute approximate surface area is 219 Å². The molecule has 4 heterocycles. The maximum absolute atomic E-state index is 12.5. The molecule has 2 aromatic heterocycles. The summed E-state index contributed by atoms with van der Waals surface area (Å²) >= 11 is 0. The van der Waals surface area contributed by atoms with Gasteiger partial charge in [-0.3, -0.25) is 14.9 Å². The molecule has 1 spiro atoms. The van der Waals surface area contributed by atoms with E-state index in [0.29, 0.717) is 19.1 Å². The molecule has 8 nitrogen and oxygen atoms in total. The minimum absolute atomic E-state index is 0.0953. The summed E-state index contributed by atoms with van der Waals surface area (Å²) in [5.74, 6) is 0.945. The third-order valence-electron chi connectivity index (χ3n) is 7.68. The van der Waals surface area contributed by atoms with E-state index in [9.17, 15) is 4.79 Å². The van der Waals surface area contributed by atoms with Crippen LogP contribution in [-0.4, -0.2) is 121 Å². The Hall–Kier alpha value is -2.42. The van der Waals surface area contributed by atoms with Gasteiger partial charge in [0, 0.05) is 80.3 Å². The maximum atomic E-state index is 12.5. The molecule has 1 atom stereocenters. The Bertz CT molecular complexity index is 1090. The second-order valence-electron chi connectivity index (χ2n) is 10.3. The molecule has 10 radical (unpaired) electrons. The summed E-state index contributed by atoms with van der Waals surface area (Å²) in [5, 5.41) is -4.21. The highest BCUT2D eigenvalue weighted by atomic mass is 16.6. The van der Waals surface area contributed by atoms with E-state index in [0.717, 1.165) is 62.5 Å². The van der Waals surface area contributed by atoms with Crippen molar-refractivity contribution in [3.63, 3.8) is 0 Å². The van der Waals surface area contributed by atoms with Gasteiger partial charge in [-0.1, -0.05) is 0 Å². The van der Waals surface area contributed by atoms with Crippen LogP contribution >= 0.6 is 0 Å². The summed E-state index contributed by atoms with van der Waals surface area (Å²) in [5.41, 5.74) is 1.92. The normalized spacial score (nSPS) is 22.4. The van der Waals surface area contributed by atoms with Crippen LogP contribution in [0, 0.1) is 5.41 Å². The van der Waals surface area contributed by atoms with Gasteiger partial charge in [0.2, 0.25) is 0 Å². The van der Waals surface area contributed by atoms with Gasteiger partial charge >= 0.3 is 6.09 Å². The van der Waals surface area contributed by atoms with Crippen LogP contribution < -0.4 is 4.90 Å². The number of ether oxygens (including phenoxy) is 1. The van der Waals surface area contributed by atoms with Gasteiger partial charge in [-0.05, 0) is 31.4 Å². The highest BCUT2D eigenvalue weighted by Crippen LogP contribution is 2.47. The van der Waals surface area contributed by atoms with E-state index < -0.39 is 16.6 Å². The Morgan fingerprint density at radius 2 is 1.78 bits per heavy atom. The molecular weight excluding hydrogens is 446 g/mol. The molecule has 0 bridgehead atoms. The van der Waals surface area contributed by atoms with E-state index in [1.54, 1.807) is 23.5 Å². The predicted molar refractivity (Wildman–Crippen MR) is 141 cm³/mol. The number of aromatic nitrogens is 3. The SMILES string of the molecule is [B]C([B])([B])C([B])([B])OC(=O)N1CC2(CCC(N3CCN(c4ncccc4-c4cnccn4)CC3)C2)C1. The van der Waals surface area contributed by atoms with Crippen molar-refractivity contribution < 1.29 is 9.53 Å². The first-order chi connectivity index (χ1) is 17.1. The molecule has 1 amide bonds. The van der Waals surface area contributed by atoms with Crippen LogP contribution in [0.4, 0.5) is 10.6 Å². The zero-order valence-electron chi connectivity index (χ0n) is 20.3. The molecule has 1 saturated carbocycles. The second kappa shape index (κ2) is 9.47. The fourth-order valence-electron chi connectivity index (χ4n) is 5.55. The lowest BCUT2D eigenvalue weighted by atomic mass is 9.28. The summed E-state index contributed by atoms with van der Waals surface area (Å²) < 4.78 is 5.08. The first-order valence-electron chi connectivity index (χ1n) is 12.2. The van der Waals surface area contributed by atoms with Crippen LogP contribution in [0.1, 0.15) is 19.3 Å². The maximum Gasteiger partial charge on any atom is 0.408 e. The van der Waals surface area contributed by atoms with Crippen molar-refractivity contribution in [2.45, 2.75) is 35.8 Å². The molecule has 2 saturated heterocycles. The first-order valence-corrected chi connectivity index (χ1v) is 12.2. The lowest BCUT2D eigenvalue weighted by molar-refractivity contribution is -0.0135. The van der Waals surface area contributed by atoms with Gasteiger partial charge in [0.05, 0.1) is 35.4 Å². The fourth-order valence-corrected chi connectivity index (χ4v) is 5.55. The van der Waals surface area contributed by atoms with E-state index in [4.69, 9.17) is 44.0 Å². The number of carbonyl (C=O) groups excluding carboxylic acids is 1. The molecule has 0 aromatic carbocycles. The van der Waals surface area contributed by atoms with Crippen LogP contribution in [0.15, 0.2) is 36.9 Å². The molecule has 1 aliphatic carbocycles. The van der Waals surface area contributed by atoms with Gasteiger partial charge < -0.3 is 14.5 Å². The molecule has 3 fully saturated rings. The topological polar surface area (TPSA) is 74.7 Å². The number of carbonyl (C=O) groups is 1. The molecule has 36 heavy (non-hydrogen) atoms. The lowest BCUT2D eigenvalue weighted by Gasteiger charge is -2.50. The van der Waals surface area contributed by atoms with Gasteiger partial charge in [0.1, 0.15) is 21.5 Å². The van der Waals surface area contributed by atoms with E-state index >= 15 is 0 Å². The number of rotatable bonds is 5. The van der Waals surface area contributed by atoms with Gasteiger partial charge in [0.15, 0.2) is 0 Å². The number of likely N-dealkylation sites (tertiary alicyclic amines) is 1. The van der Waals surface area contributed by atoms with Crippen molar-refractivity contribution in [2.24, 2.45) is 5.41 Å². The number of anilines is 1. The largest absolute Gasteiger partial charge is 0.465 e. The van der Waals surface area contributed by atoms with Crippen LogP contribution in [0.2, 0.25) is 5.11 Å². The highest BCUT2D eigenvalue weighted by Gasteiger charge is 2.52. The van der Waals surface area contributed by atoms with Crippen LogP contribution in [0.3, 0.4) is 0 Å². The summed E-state index contributed by atoms with van der Waals surface area (Å²) in [4.78, 5) is 32.2. The molecule has 3 aliphatic rings. The van der Waals surface area contributed by atoms with Crippen LogP contribution in [-0.2, 0) is 4.74 Å². The van der Waals surface area contributed by atoms with Gasteiger partial charge in [-0.2, -0.15) is 0 Å². The number of hydrogen-bond donors (Lipinski definition) is 0. The number of pyridine rings is 1. The minimum atomic E-state index is -2.16. The van der Waals surface area contributed by atoms with Crippen LogP contribution in [0.5, 0.6) is 0 Å². The van der Waals surface area contributed by atoms with E-state index in [1.807, 2.05) is 18.3 Å². The molecular formula is C23H25B5N6O2. The second-order valence-corrected chi connectivity index (χ2v) is 10.3. The van der Waals surface area contributed by atoms with Crippen molar-refractivity contribution in [1.82, 2.24) is 24.8 Å². The zero-order valence-corrected chi connectivity index (χ0v) is 20.3. The Morgan fingerprint density at radius 1 is 1.03 bits per heavy atom. The van der Waals surface area contributed by atoms with Crippen molar-refractivity contribution in [1.29, 1.82) is 0 Å². The highest BCUT2D eigenvalue weighted by molar-refractivity contribution is 6.67. The summed E-state index contributed by atoms with van der Waals surface area (Å²) in [7, 11) is 27.9. The molecule has 2 aromatic rings. The summed E-state index contributed by atoms with van der Waals surface area (Å²) in [6.07, 6.45) is 9.52. The molecule has 2 aliphatic heterocycles. The third-order valence-corrected chi connectivity index (χ3v) is 7.68. The predicted octanol–water partition coefficient (Wildman–Crippen LogP) is 0.222. The Balaban J connectivity index is 1.14. The number of hydrogen-bond acceptors (Lipinski definition) is 7. The molecule has 1 unspecified atom stereocenters. The third kappa shape index (κ3) is 4.91. The first kappa shape index (κ1) is 25.2. The minimum Gasteiger partial charge on any atom is -0.465 e. The van der Waals surface area contributed by atoms with Crippen molar-refractivity contribution in [3.05, 3.63) is 36.9 Å². The monoisotopic (exact) mass is 472 g/mol.